The molecule has 1 saturated heterocycles. The number of esters is 1. The maximum absolute atomic E-state index is 11.7. The second kappa shape index (κ2) is 7.57. The first-order valence-electron chi connectivity index (χ1n) is 7.87. The van der Waals surface area contributed by atoms with Crippen LogP contribution in [0.3, 0.4) is 0 Å². The van der Waals surface area contributed by atoms with Crippen LogP contribution < -0.4 is 14.5 Å². The van der Waals surface area contributed by atoms with Crippen LogP contribution in [0.25, 0.3) is 0 Å². The van der Waals surface area contributed by atoms with Gasteiger partial charge in [-0.25, -0.2) is 9.78 Å². The molecule has 1 aliphatic heterocycles. The summed E-state index contributed by atoms with van der Waals surface area (Å²) in [6.45, 7) is 3.21. The van der Waals surface area contributed by atoms with Crippen molar-refractivity contribution in [2.24, 2.45) is 0 Å². The van der Waals surface area contributed by atoms with E-state index in [1.54, 1.807) is 12.3 Å². The van der Waals surface area contributed by atoms with E-state index in [4.69, 9.17) is 21.1 Å². The van der Waals surface area contributed by atoms with Crippen molar-refractivity contribution in [3.8, 4) is 5.88 Å². The van der Waals surface area contributed by atoms with Gasteiger partial charge in [0, 0.05) is 32.4 Å². The third kappa shape index (κ3) is 3.76. The molecule has 0 amide bonds. The van der Waals surface area contributed by atoms with Crippen LogP contribution in [-0.4, -0.2) is 56.3 Å². The van der Waals surface area contributed by atoms with Gasteiger partial charge in [0.15, 0.2) is 0 Å². The summed E-state index contributed by atoms with van der Waals surface area (Å²) in [5.74, 6) is 1.49. The van der Waals surface area contributed by atoms with Gasteiger partial charge in [0.1, 0.15) is 17.2 Å². The Morgan fingerprint density at radius 1 is 1.04 bits per heavy atom. The zero-order valence-electron chi connectivity index (χ0n) is 14.1. The average Bonchev–Trinajstić information content (AvgIpc) is 2.67. The number of halogens is 1. The summed E-state index contributed by atoms with van der Waals surface area (Å²) < 4.78 is 9.97. The molecular formula is C17H19ClN4O3. The van der Waals surface area contributed by atoms with Crippen molar-refractivity contribution >= 4 is 29.2 Å². The van der Waals surface area contributed by atoms with Gasteiger partial charge in [0.25, 0.3) is 0 Å². The topological polar surface area (TPSA) is 67.8 Å². The van der Waals surface area contributed by atoms with Crippen LogP contribution in [0, 0.1) is 0 Å². The minimum absolute atomic E-state index is 0.270. The average molecular weight is 363 g/mol. The second-order valence-electron chi connectivity index (χ2n) is 5.53. The summed E-state index contributed by atoms with van der Waals surface area (Å²) in [5, 5.41) is 0.629. The van der Waals surface area contributed by atoms with Crippen LogP contribution in [0.5, 0.6) is 5.88 Å². The highest BCUT2D eigenvalue weighted by molar-refractivity contribution is 6.30. The highest BCUT2D eigenvalue weighted by atomic mass is 35.5. The number of methoxy groups -OCH3 is 2. The van der Waals surface area contributed by atoms with Crippen molar-refractivity contribution in [3.63, 3.8) is 0 Å². The van der Waals surface area contributed by atoms with Crippen molar-refractivity contribution in [1.29, 1.82) is 0 Å². The molecule has 25 heavy (non-hydrogen) atoms. The normalized spacial score (nSPS) is 14.4. The summed E-state index contributed by atoms with van der Waals surface area (Å²) in [7, 11) is 2.82. The lowest BCUT2D eigenvalue weighted by atomic mass is 10.2. The Morgan fingerprint density at radius 2 is 1.68 bits per heavy atom. The Labute approximate surface area is 151 Å². The molecular weight excluding hydrogens is 344 g/mol. The van der Waals surface area contributed by atoms with E-state index < -0.39 is 5.97 Å². The van der Waals surface area contributed by atoms with E-state index in [9.17, 15) is 4.79 Å². The molecule has 7 nitrogen and oxygen atoms in total. The molecule has 132 valence electrons. The van der Waals surface area contributed by atoms with Gasteiger partial charge in [-0.05, 0) is 24.3 Å². The first kappa shape index (κ1) is 17.3. The summed E-state index contributed by atoms with van der Waals surface area (Å²) in [4.78, 5) is 24.9. The van der Waals surface area contributed by atoms with Crippen molar-refractivity contribution in [2.45, 2.75) is 0 Å². The zero-order chi connectivity index (χ0) is 17.8. The van der Waals surface area contributed by atoms with E-state index in [0.717, 1.165) is 37.8 Å². The van der Waals surface area contributed by atoms with Gasteiger partial charge in [-0.1, -0.05) is 11.6 Å². The fraction of sp³-hybridized carbons (Fsp3) is 0.353. The molecule has 1 aliphatic rings. The van der Waals surface area contributed by atoms with Gasteiger partial charge >= 0.3 is 5.97 Å². The van der Waals surface area contributed by atoms with Crippen molar-refractivity contribution in [3.05, 3.63) is 41.0 Å². The number of anilines is 2. The smallest absolute Gasteiger partial charge is 0.343 e. The SMILES string of the molecule is COC(=O)c1ccc(N2CCN(c3ccc(Cl)cn3)CC2)nc1OC. The highest BCUT2D eigenvalue weighted by Crippen LogP contribution is 2.24. The Hall–Kier alpha value is -2.54. The number of rotatable bonds is 4. The van der Waals surface area contributed by atoms with E-state index in [1.165, 1.54) is 14.2 Å². The first-order chi connectivity index (χ1) is 12.1. The Morgan fingerprint density at radius 3 is 2.24 bits per heavy atom. The summed E-state index contributed by atoms with van der Waals surface area (Å²) in [6, 6.07) is 7.25. The molecule has 2 aromatic rings. The molecule has 0 N–H and O–H groups in total. The molecule has 0 radical (unpaired) electrons. The van der Waals surface area contributed by atoms with Gasteiger partial charge < -0.3 is 19.3 Å². The molecule has 0 atom stereocenters. The molecule has 0 bridgehead atoms. The van der Waals surface area contributed by atoms with Gasteiger partial charge in [0.05, 0.1) is 19.2 Å². The van der Waals surface area contributed by atoms with Gasteiger partial charge in [-0.15, -0.1) is 0 Å². The van der Waals surface area contributed by atoms with E-state index in [2.05, 4.69) is 19.8 Å². The van der Waals surface area contributed by atoms with E-state index in [-0.39, 0.29) is 5.88 Å². The molecule has 3 heterocycles. The van der Waals surface area contributed by atoms with Gasteiger partial charge in [-0.3, -0.25) is 0 Å². The number of aromatic nitrogens is 2. The molecule has 2 aromatic heterocycles. The number of hydrogen-bond acceptors (Lipinski definition) is 7. The third-order valence-electron chi connectivity index (χ3n) is 4.08. The Kier molecular flexibility index (Phi) is 5.23. The summed E-state index contributed by atoms with van der Waals surface area (Å²) in [6.07, 6.45) is 1.65. The minimum atomic E-state index is -0.463. The van der Waals surface area contributed by atoms with E-state index in [1.807, 2.05) is 18.2 Å². The lowest BCUT2D eigenvalue weighted by molar-refractivity contribution is 0.0596. The number of pyridine rings is 2. The summed E-state index contributed by atoms with van der Waals surface area (Å²) >= 11 is 5.89. The third-order valence-corrected chi connectivity index (χ3v) is 4.31. The highest BCUT2D eigenvalue weighted by Gasteiger charge is 2.21. The van der Waals surface area contributed by atoms with E-state index >= 15 is 0 Å². The van der Waals surface area contributed by atoms with E-state index in [0.29, 0.717) is 10.6 Å². The number of hydrogen-bond donors (Lipinski definition) is 0. The Balaban J connectivity index is 1.70. The summed E-state index contributed by atoms with van der Waals surface area (Å²) in [5.41, 5.74) is 0.317. The molecule has 0 saturated carbocycles. The van der Waals surface area contributed by atoms with Crippen LogP contribution in [0.4, 0.5) is 11.6 Å². The van der Waals surface area contributed by atoms with Crippen LogP contribution in [0.2, 0.25) is 5.02 Å². The van der Waals surface area contributed by atoms with Crippen LogP contribution in [0.15, 0.2) is 30.5 Å². The van der Waals surface area contributed by atoms with Crippen LogP contribution in [0.1, 0.15) is 10.4 Å². The van der Waals surface area contributed by atoms with Gasteiger partial charge in [0.2, 0.25) is 5.88 Å². The molecule has 0 aliphatic carbocycles. The van der Waals surface area contributed by atoms with Gasteiger partial charge in [-0.2, -0.15) is 4.98 Å². The minimum Gasteiger partial charge on any atom is -0.480 e. The van der Waals surface area contributed by atoms with Crippen molar-refractivity contribution in [2.75, 3.05) is 50.2 Å². The maximum atomic E-state index is 11.7. The van der Waals surface area contributed by atoms with Crippen molar-refractivity contribution < 1.29 is 14.3 Å². The molecule has 0 unspecified atom stereocenters. The number of piperazine rings is 1. The predicted molar refractivity (Wildman–Crippen MR) is 95.8 cm³/mol. The lowest BCUT2D eigenvalue weighted by Crippen LogP contribution is -2.47. The van der Waals surface area contributed by atoms with Crippen molar-refractivity contribution in [1.82, 2.24) is 9.97 Å². The van der Waals surface area contributed by atoms with Crippen LogP contribution >= 0.6 is 11.6 Å². The molecule has 0 spiro atoms. The fourth-order valence-corrected chi connectivity index (χ4v) is 2.86. The largest absolute Gasteiger partial charge is 0.480 e. The standard InChI is InChI=1S/C17H19ClN4O3/c1-24-16-13(17(23)25-2)4-6-15(20-16)22-9-7-21(8-10-22)14-5-3-12(18)11-19-14/h3-6,11H,7-10H2,1-2H3. The zero-order valence-corrected chi connectivity index (χ0v) is 14.9. The first-order valence-corrected chi connectivity index (χ1v) is 8.25. The number of carbonyl (C=O) groups is 1. The lowest BCUT2D eigenvalue weighted by Gasteiger charge is -2.36. The molecule has 0 aromatic carbocycles. The number of carbonyl (C=O) groups excluding carboxylic acids is 1. The maximum Gasteiger partial charge on any atom is 0.343 e. The predicted octanol–water partition coefficient (Wildman–Crippen LogP) is 2.25. The Bertz CT molecular complexity index is 746. The fourth-order valence-electron chi connectivity index (χ4n) is 2.75. The number of nitrogens with zero attached hydrogens (tertiary/aromatic N) is 4. The molecule has 8 heteroatoms. The quantitative estimate of drug-likeness (QED) is 0.773. The van der Waals surface area contributed by atoms with Crippen LogP contribution in [-0.2, 0) is 4.74 Å². The molecule has 1 fully saturated rings. The monoisotopic (exact) mass is 362 g/mol. The molecule has 3 rings (SSSR count). The second-order valence-corrected chi connectivity index (χ2v) is 5.96. The number of ether oxygens (including phenoxy) is 2.